The summed E-state index contributed by atoms with van der Waals surface area (Å²) in [5.74, 6) is -0.0825. The van der Waals surface area contributed by atoms with Gasteiger partial charge in [0, 0.05) is 12.6 Å². The molecular formula is C10H22N2O2. The predicted octanol–water partition coefficient (Wildman–Crippen LogP) is 0.655. The molecule has 0 fully saturated rings. The molecule has 3 N–H and O–H groups in total. The molecule has 84 valence electrons. The number of nitrogens with one attached hydrogen (secondary N) is 1. The summed E-state index contributed by atoms with van der Waals surface area (Å²) in [6.45, 7) is 8.20. The smallest absolute Gasteiger partial charge is 0.246 e. The zero-order valence-electron chi connectivity index (χ0n) is 9.59. The molecule has 0 aliphatic carbocycles. The first-order valence-corrected chi connectivity index (χ1v) is 5.04. The van der Waals surface area contributed by atoms with Crippen LogP contribution in [-0.4, -0.2) is 30.7 Å². The molecule has 4 heteroatoms. The van der Waals surface area contributed by atoms with Crippen molar-refractivity contribution in [3.63, 3.8) is 0 Å². The molecular weight excluding hydrogens is 180 g/mol. The van der Waals surface area contributed by atoms with Crippen molar-refractivity contribution in [2.24, 2.45) is 5.73 Å². The number of ether oxygens (including phenoxy) is 1. The van der Waals surface area contributed by atoms with Gasteiger partial charge >= 0.3 is 0 Å². The molecule has 0 rings (SSSR count). The van der Waals surface area contributed by atoms with Gasteiger partial charge in [0.15, 0.2) is 0 Å². The normalized spacial score (nSPS) is 13.8. The average molecular weight is 202 g/mol. The fraction of sp³-hybridized carbons (Fsp3) is 0.900. The van der Waals surface area contributed by atoms with Crippen molar-refractivity contribution in [1.29, 1.82) is 0 Å². The van der Waals surface area contributed by atoms with Crippen LogP contribution in [-0.2, 0) is 9.53 Å². The molecule has 1 atom stereocenters. The highest BCUT2D eigenvalue weighted by Crippen LogP contribution is 2.05. The van der Waals surface area contributed by atoms with Crippen LogP contribution in [0.1, 0.15) is 34.1 Å². The van der Waals surface area contributed by atoms with Gasteiger partial charge in [-0.3, -0.25) is 4.79 Å². The molecule has 1 unspecified atom stereocenters. The Morgan fingerprint density at radius 3 is 2.57 bits per heavy atom. The first-order valence-electron chi connectivity index (χ1n) is 5.04. The number of nitrogens with two attached hydrogens (primary N) is 1. The average Bonchev–Trinajstić information content (AvgIpc) is 2.15. The lowest BCUT2D eigenvalue weighted by Crippen LogP contribution is -2.40. The molecule has 0 saturated heterocycles. The fourth-order valence-corrected chi connectivity index (χ4v) is 0.738. The van der Waals surface area contributed by atoms with E-state index in [1.165, 1.54) is 0 Å². The van der Waals surface area contributed by atoms with Crippen molar-refractivity contribution >= 4 is 5.91 Å². The van der Waals surface area contributed by atoms with Crippen LogP contribution in [0.3, 0.4) is 0 Å². The third kappa shape index (κ3) is 5.94. The van der Waals surface area contributed by atoms with Crippen LogP contribution in [0.4, 0.5) is 0 Å². The van der Waals surface area contributed by atoms with Crippen LogP contribution < -0.4 is 11.1 Å². The first kappa shape index (κ1) is 13.4. The van der Waals surface area contributed by atoms with Crippen molar-refractivity contribution in [2.45, 2.75) is 45.8 Å². The van der Waals surface area contributed by atoms with E-state index in [0.717, 1.165) is 6.42 Å². The Kier molecular flexibility index (Phi) is 5.72. The minimum atomic E-state index is -0.424. The first-order chi connectivity index (χ1) is 6.41. The second kappa shape index (κ2) is 5.98. The van der Waals surface area contributed by atoms with Gasteiger partial charge in [-0.15, -0.1) is 0 Å². The Hall–Kier alpha value is -0.610. The molecule has 0 spiro atoms. The Labute approximate surface area is 86.2 Å². The summed E-state index contributed by atoms with van der Waals surface area (Å²) < 4.78 is 5.35. The molecule has 4 nitrogen and oxygen atoms in total. The summed E-state index contributed by atoms with van der Waals surface area (Å²) >= 11 is 0. The van der Waals surface area contributed by atoms with Crippen LogP contribution in [0.15, 0.2) is 0 Å². The zero-order valence-corrected chi connectivity index (χ0v) is 9.59. The zero-order chi connectivity index (χ0) is 11.2. The molecule has 14 heavy (non-hydrogen) atoms. The van der Waals surface area contributed by atoms with Crippen molar-refractivity contribution in [3.8, 4) is 0 Å². The molecule has 0 aromatic heterocycles. The van der Waals surface area contributed by atoms with Gasteiger partial charge in [-0.25, -0.2) is 0 Å². The van der Waals surface area contributed by atoms with Crippen molar-refractivity contribution in [2.75, 3.05) is 13.2 Å². The van der Waals surface area contributed by atoms with Gasteiger partial charge in [-0.05, 0) is 27.2 Å². The van der Waals surface area contributed by atoms with Gasteiger partial charge < -0.3 is 15.8 Å². The number of rotatable bonds is 6. The summed E-state index contributed by atoms with van der Waals surface area (Å²) in [7, 11) is 0. The summed E-state index contributed by atoms with van der Waals surface area (Å²) in [6, 6.07) is 0.201. The standard InChI is InChI=1S/C10H22N2O2/c1-5-8(2)12-9(13)6-14-10(3,4)7-11/h8H,5-7,11H2,1-4H3,(H,12,13). The number of hydrogen-bond donors (Lipinski definition) is 2. The van der Waals surface area contributed by atoms with E-state index >= 15 is 0 Å². The molecule has 0 aromatic rings. The predicted molar refractivity (Wildman–Crippen MR) is 57.0 cm³/mol. The summed E-state index contributed by atoms with van der Waals surface area (Å²) in [5.41, 5.74) is 5.04. The lowest BCUT2D eigenvalue weighted by molar-refractivity contribution is -0.131. The largest absolute Gasteiger partial charge is 0.364 e. The Balaban J connectivity index is 3.74. The van der Waals surface area contributed by atoms with E-state index in [4.69, 9.17) is 10.5 Å². The third-order valence-electron chi connectivity index (χ3n) is 2.11. The second-order valence-electron chi connectivity index (χ2n) is 4.13. The van der Waals surface area contributed by atoms with Gasteiger partial charge in [0.1, 0.15) is 6.61 Å². The van der Waals surface area contributed by atoms with Crippen molar-refractivity contribution in [1.82, 2.24) is 5.32 Å². The molecule has 1 amide bonds. The summed E-state index contributed by atoms with van der Waals surface area (Å²) in [4.78, 5) is 11.3. The number of hydrogen-bond acceptors (Lipinski definition) is 3. The second-order valence-corrected chi connectivity index (χ2v) is 4.13. The fourth-order valence-electron chi connectivity index (χ4n) is 0.738. The highest BCUT2D eigenvalue weighted by atomic mass is 16.5. The van der Waals surface area contributed by atoms with E-state index < -0.39 is 5.60 Å². The highest BCUT2D eigenvalue weighted by molar-refractivity contribution is 5.77. The molecule has 0 heterocycles. The highest BCUT2D eigenvalue weighted by Gasteiger charge is 2.17. The molecule has 0 aliphatic heterocycles. The Morgan fingerprint density at radius 1 is 1.57 bits per heavy atom. The van der Waals surface area contributed by atoms with Gasteiger partial charge in [0.05, 0.1) is 5.60 Å². The van der Waals surface area contributed by atoms with Crippen LogP contribution >= 0.6 is 0 Å². The number of amides is 1. The van der Waals surface area contributed by atoms with E-state index in [0.29, 0.717) is 6.54 Å². The van der Waals surface area contributed by atoms with E-state index in [2.05, 4.69) is 5.32 Å². The Bertz CT molecular complexity index is 181. The maximum atomic E-state index is 11.3. The van der Waals surface area contributed by atoms with Crippen molar-refractivity contribution < 1.29 is 9.53 Å². The number of carbonyl (C=O) groups excluding carboxylic acids is 1. The molecule has 0 saturated carbocycles. The minimum absolute atomic E-state index is 0.0779. The topological polar surface area (TPSA) is 64.3 Å². The summed E-state index contributed by atoms with van der Waals surface area (Å²) in [6.07, 6.45) is 0.923. The van der Waals surface area contributed by atoms with Crippen LogP contribution in [0.2, 0.25) is 0 Å². The van der Waals surface area contributed by atoms with E-state index in [1.54, 1.807) is 0 Å². The van der Waals surface area contributed by atoms with Crippen molar-refractivity contribution in [3.05, 3.63) is 0 Å². The molecule has 0 aromatic carbocycles. The monoisotopic (exact) mass is 202 g/mol. The summed E-state index contributed by atoms with van der Waals surface area (Å²) in [5, 5.41) is 2.82. The quantitative estimate of drug-likeness (QED) is 0.665. The molecule has 0 radical (unpaired) electrons. The molecule has 0 bridgehead atoms. The lowest BCUT2D eigenvalue weighted by atomic mass is 10.1. The van der Waals surface area contributed by atoms with E-state index in [-0.39, 0.29) is 18.6 Å². The van der Waals surface area contributed by atoms with Gasteiger partial charge in [-0.1, -0.05) is 6.92 Å². The van der Waals surface area contributed by atoms with E-state index in [9.17, 15) is 4.79 Å². The van der Waals surface area contributed by atoms with Crippen LogP contribution in [0.5, 0.6) is 0 Å². The van der Waals surface area contributed by atoms with Gasteiger partial charge in [-0.2, -0.15) is 0 Å². The van der Waals surface area contributed by atoms with E-state index in [1.807, 2.05) is 27.7 Å². The van der Waals surface area contributed by atoms with Crippen LogP contribution in [0, 0.1) is 0 Å². The van der Waals surface area contributed by atoms with Crippen LogP contribution in [0.25, 0.3) is 0 Å². The lowest BCUT2D eigenvalue weighted by Gasteiger charge is -2.23. The maximum absolute atomic E-state index is 11.3. The maximum Gasteiger partial charge on any atom is 0.246 e. The van der Waals surface area contributed by atoms with Gasteiger partial charge in [0.25, 0.3) is 0 Å². The van der Waals surface area contributed by atoms with Gasteiger partial charge in [0.2, 0.25) is 5.91 Å². The Morgan fingerprint density at radius 2 is 2.14 bits per heavy atom. The SMILES string of the molecule is CCC(C)NC(=O)COC(C)(C)CN. The molecule has 0 aliphatic rings. The number of carbonyl (C=O) groups is 1. The third-order valence-corrected chi connectivity index (χ3v) is 2.11. The minimum Gasteiger partial charge on any atom is -0.364 e.